The van der Waals surface area contributed by atoms with Crippen LogP contribution in [0.2, 0.25) is 0 Å². The molecule has 0 amide bonds. The van der Waals surface area contributed by atoms with Crippen molar-refractivity contribution in [3.63, 3.8) is 0 Å². The van der Waals surface area contributed by atoms with Crippen molar-refractivity contribution in [2.24, 2.45) is 0 Å². The minimum absolute atomic E-state index is 0.362. The SMILES string of the molecule is CCS(=N)Cc1cc(C2CC2)cnc1/C(C)=C/n1ncc(C(F)(F)F)cc1=N. The summed E-state index contributed by atoms with van der Waals surface area (Å²) in [5, 5.41) is 11.6. The van der Waals surface area contributed by atoms with E-state index in [0.717, 1.165) is 34.9 Å². The molecule has 0 saturated heterocycles. The van der Waals surface area contributed by atoms with Crippen molar-refractivity contribution in [1.29, 1.82) is 10.2 Å². The van der Waals surface area contributed by atoms with Gasteiger partial charge in [-0.3, -0.25) is 15.2 Å². The van der Waals surface area contributed by atoms with Gasteiger partial charge in [0.25, 0.3) is 0 Å². The Morgan fingerprint density at radius 3 is 2.61 bits per heavy atom. The maximum Gasteiger partial charge on any atom is 0.418 e. The van der Waals surface area contributed by atoms with Crippen LogP contribution in [0.15, 0.2) is 24.5 Å². The van der Waals surface area contributed by atoms with Crippen molar-refractivity contribution in [3.8, 4) is 0 Å². The van der Waals surface area contributed by atoms with E-state index in [1.807, 2.05) is 13.1 Å². The number of alkyl halides is 3. The molecular formula is C19H22F3N5S. The van der Waals surface area contributed by atoms with Gasteiger partial charge in [-0.2, -0.15) is 18.3 Å². The third kappa shape index (κ3) is 4.76. The number of nitrogens with one attached hydrogen (secondary N) is 2. The molecule has 0 spiro atoms. The Morgan fingerprint density at radius 2 is 2.04 bits per heavy atom. The Labute approximate surface area is 163 Å². The molecular weight excluding hydrogens is 387 g/mol. The summed E-state index contributed by atoms with van der Waals surface area (Å²) in [5.41, 5.74) is 2.23. The van der Waals surface area contributed by atoms with Gasteiger partial charge in [0.15, 0.2) is 0 Å². The molecule has 1 unspecified atom stereocenters. The molecule has 1 atom stereocenters. The summed E-state index contributed by atoms with van der Waals surface area (Å²) in [6, 6.07) is 2.85. The Balaban J connectivity index is 1.98. The molecule has 1 aliphatic rings. The monoisotopic (exact) mass is 409 g/mol. The molecule has 2 N–H and O–H groups in total. The summed E-state index contributed by atoms with van der Waals surface area (Å²) in [7, 11) is -0.522. The first-order valence-corrected chi connectivity index (χ1v) is 10.5. The zero-order chi connectivity index (χ0) is 20.5. The molecule has 0 aromatic carbocycles. The zero-order valence-corrected chi connectivity index (χ0v) is 16.5. The molecule has 9 heteroatoms. The summed E-state index contributed by atoms with van der Waals surface area (Å²) < 4.78 is 47.6. The van der Waals surface area contributed by atoms with Crippen LogP contribution < -0.4 is 5.49 Å². The minimum atomic E-state index is -4.53. The predicted octanol–water partition coefficient (Wildman–Crippen LogP) is 4.57. The second-order valence-corrected chi connectivity index (χ2v) is 8.71. The van der Waals surface area contributed by atoms with E-state index < -0.39 is 22.4 Å². The van der Waals surface area contributed by atoms with Crippen LogP contribution in [0.5, 0.6) is 0 Å². The fourth-order valence-corrected chi connectivity index (χ4v) is 3.66. The van der Waals surface area contributed by atoms with Crippen LogP contribution in [-0.2, 0) is 22.6 Å². The molecule has 28 heavy (non-hydrogen) atoms. The summed E-state index contributed by atoms with van der Waals surface area (Å²) in [6.07, 6.45) is 1.85. The van der Waals surface area contributed by atoms with Gasteiger partial charge in [-0.05, 0) is 48.4 Å². The molecule has 2 aromatic rings. The lowest BCUT2D eigenvalue weighted by molar-refractivity contribution is -0.138. The fourth-order valence-electron chi connectivity index (χ4n) is 2.86. The molecule has 2 heterocycles. The van der Waals surface area contributed by atoms with E-state index in [4.69, 9.17) is 10.2 Å². The fraction of sp³-hybridized carbons (Fsp3) is 0.421. The van der Waals surface area contributed by atoms with Crippen LogP contribution in [0.3, 0.4) is 0 Å². The molecule has 1 aliphatic carbocycles. The van der Waals surface area contributed by atoms with Crippen molar-refractivity contribution < 1.29 is 13.2 Å². The summed E-state index contributed by atoms with van der Waals surface area (Å²) >= 11 is 0. The average molecular weight is 409 g/mol. The number of nitrogens with zero attached hydrogens (tertiary/aromatic N) is 3. The van der Waals surface area contributed by atoms with Crippen LogP contribution in [0, 0.1) is 10.2 Å². The Kier molecular flexibility index (Phi) is 5.83. The van der Waals surface area contributed by atoms with Gasteiger partial charge < -0.3 is 0 Å². The van der Waals surface area contributed by atoms with Gasteiger partial charge >= 0.3 is 6.18 Å². The lowest BCUT2D eigenvalue weighted by Gasteiger charge is -2.13. The van der Waals surface area contributed by atoms with Crippen LogP contribution in [0.4, 0.5) is 13.2 Å². The lowest BCUT2D eigenvalue weighted by atomic mass is 10.1. The number of halogens is 3. The Hall–Kier alpha value is -2.29. The number of pyridine rings is 1. The van der Waals surface area contributed by atoms with Crippen molar-refractivity contribution >= 4 is 22.5 Å². The van der Waals surface area contributed by atoms with Gasteiger partial charge in [-0.15, -0.1) is 10.7 Å². The number of allylic oxidation sites excluding steroid dienone is 1. The van der Waals surface area contributed by atoms with Crippen molar-refractivity contribution in [2.75, 3.05) is 5.75 Å². The van der Waals surface area contributed by atoms with E-state index in [1.165, 1.54) is 11.8 Å². The number of hydrogen-bond acceptors (Lipinski definition) is 4. The smallest absolute Gasteiger partial charge is 0.283 e. The van der Waals surface area contributed by atoms with E-state index in [-0.39, 0.29) is 5.49 Å². The Bertz CT molecular complexity index is 990. The predicted molar refractivity (Wildman–Crippen MR) is 103 cm³/mol. The van der Waals surface area contributed by atoms with Crippen LogP contribution >= 0.6 is 0 Å². The van der Waals surface area contributed by atoms with E-state index in [1.54, 1.807) is 6.92 Å². The first kappa shape index (κ1) is 20.4. The maximum atomic E-state index is 12.8. The highest BCUT2D eigenvalue weighted by molar-refractivity contribution is 7.85. The van der Waals surface area contributed by atoms with Crippen molar-refractivity contribution in [1.82, 2.24) is 14.8 Å². The van der Waals surface area contributed by atoms with E-state index >= 15 is 0 Å². The van der Waals surface area contributed by atoms with Crippen LogP contribution in [0.1, 0.15) is 55.0 Å². The average Bonchev–Trinajstić information content (AvgIpc) is 3.47. The molecule has 0 aliphatic heterocycles. The first-order valence-electron chi connectivity index (χ1n) is 8.96. The molecule has 2 aromatic heterocycles. The molecule has 0 bridgehead atoms. The largest absolute Gasteiger partial charge is 0.418 e. The standard InChI is InChI=1S/C19H22F3N5S/c1-3-28(24)11-15-6-14(13-4-5-13)8-25-18(15)12(2)10-27-17(23)7-16(9-26-27)19(20,21)22/h6-10,13,23-24H,3-5,11H2,1-2H3/b12-10+,23-17?. The highest BCUT2D eigenvalue weighted by Gasteiger charge is 2.31. The van der Waals surface area contributed by atoms with E-state index in [9.17, 15) is 13.2 Å². The van der Waals surface area contributed by atoms with Crippen molar-refractivity contribution in [2.45, 2.75) is 44.5 Å². The highest BCUT2D eigenvalue weighted by Crippen LogP contribution is 2.40. The summed E-state index contributed by atoms with van der Waals surface area (Å²) in [5.74, 6) is 1.88. The number of rotatable bonds is 6. The number of aromatic nitrogens is 3. The quantitative estimate of drug-likeness (QED) is 0.733. The zero-order valence-electron chi connectivity index (χ0n) is 15.7. The molecule has 1 fully saturated rings. The highest BCUT2D eigenvalue weighted by atomic mass is 32.2. The normalized spacial score (nSPS) is 16.2. The molecule has 150 valence electrons. The minimum Gasteiger partial charge on any atom is -0.283 e. The Morgan fingerprint density at radius 1 is 1.32 bits per heavy atom. The molecule has 5 nitrogen and oxygen atoms in total. The third-order valence-corrected chi connectivity index (χ3v) is 5.95. The number of hydrogen-bond donors (Lipinski definition) is 2. The molecule has 3 rings (SSSR count). The second-order valence-electron chi connectivity index (χ2n) is 6.86. The maximum absolute atomic E-state index is 12.8. The molecule has 0 radical (unpaired) electrons. The van der Waals surface area contributed by atoms with Gasteiger partial charge in [-0.1, -0.05) is 13.0 Å². The van der Waals surface area contributed by atoms with Gasteiger partial charge in [0.2, 0.25) is 0 Å². The lowest BCUT2D eigenvalue weighted by Crippen LogP contribution is -2.21. The van der Waals surface area contributed by atoms with Gasteiger partial charge in [0.1, 0.15) is 5.49 Å². The van der Waals surface area contributed by atoms with Crippen LogP contribution in [-0.4, -0.2) is 20.5 Å². The summed E-state index contributed by atoms with van der Waals surface area (Å²) in [4.78, 5) is 4.58. The first-order chi connectivity index (χ1) is 13.2. The third-order valence-electron chi connectivity index (χ3n) is 4.59. The van der Waals surface area contributed by atoms with E-state index in [2.05, 4.69) is 16.1 Å². The van der Waals surface area contributed by atoms with Crippen LogP contribution in [0.25, 0.3) is 11.8 Å². The summed E-state index contributed by atoms with van der Waals surface area (Å²) in [6.45, 7) is 3.77. The van der Waals surface area contributed by atoms with Crippen molar-refractivity contribution in [3.05, 3.63) is 52.4 Å². The van der Waals surface area contributed by atoms with Gasteiger partial charge in [0, 0.05) is 23.9 Å². The molecule has 1 saturated carbocycles. The topological polar surface area (TPSA) is 78.4 Å². The van der Waals surface area contributed by atoms with Gasteiger partial charge in [-0.25, -0.2) is 4.68 Å². The second kappa shape index (κ2) is 7.98. The van der Waals surface area contributed by atoms with Gasteiger partial charge in [0.05, 0.1) is 17.5 Å². The van der Waals surface area contributed by atoms with E-state index in [0.29, 0.717) is 29.1 Å².